The molecule has 4 nitrogen and oxygen atoms in total. The molecule has 0 radical (unpaired) electrons. The van der Waals surface area contributed by atoms with E-state index in [0.717, 1.165) is 23.8 Å². The standard InChI is InChI=1S/C15H26N4/c1-4-5-8-19(12-6-7-12)14-10-17-15(11(2)3)18-13(14)9-16/h10-12H,4-9,16H2,1-3H3. The SMILES string of the molecule is CCCCN(c1cnc(C(C)C)nc1CN)C1CC1. The summed E-state index contributed by atoms with van der Waals surface area (Å²) in [7, 11) is 0. The topological polar surface area (TPSA) is 55.0 Å². The summed E-state index contributed by atoms with van der Waals surface area (Å²) in [6.45, 7) is 8.05. The molecule has 1 heterocycles. The van der Waals surface area contributed by atoms with E-state index in [1.165, 1.54) is 25.7 Å². The minimum Gasteiger partial charge on any atom is -0.366 e. The van der Waals surface area contributed by atoms with Gasteiger partial charge in [-0.15, -0.1) is 0 Å². The quantitative estimate of drug-likeness (QED) is 0.821. The largest absolute Gasteiger partial charge is 0.366 e. The molecule has 1 saturated carbocycles. The summed E-state index contributed by atoms with van der Waals surface area (Å²) in [5.74, 6) is 1.25. The van der Waals surface area contributed by atoms with Crippen LogP contribution in [0.5, 0.6) is 0 Å². The van der Waals surface area contributed by atoms with Crippen molar-refractivity contribution in [2.45, 2.75) is 65.0 Å². The van der Waals surface area contributed by atoms with Gasteiger partial charge in [-0.1, -0.05) is 27.2 Å². The van der Waals surface area contributed by atoms with Crippen molar-refractivity contribution in [3.8, 4) is 0 Å². The molecule has 0 spiro atoms. The summed E-state index contributed by atoms with van der Waals surface area (Å²) in [6.07, 6.45) is 7.00. The predicted molar refractivity (Wildman–Crippen MR) is 79.3 cm³/mol. The number of anilines is 1. The molecule has 0 atom stereocenters. The van der Waals surface area contributed by atoms with Gasteiger partial charge in [0.25, 0.3) is 0 Å². The molecule has 0 unspecified atom stereocenters. The maximum atomic E-state index is 5.89. The lowest BCUT2D eigenvalue weighted by Gasteiger charge is -2.26. The van der Waals surface area contributed by atoms with Gasteiger partial charge in [-0.2, -0.15) is 0 Å². The van der Waals surface area contributed by atoms with Crippen LogP contribution < -0.4 is 10.6 Å². The van der Waals surface area contributed by atoms with Gasteiger partial charge in [0, 0.05) is 25.0 Å². The van der Waals surface area contributed by atoms with Gasteiger partial charge < -0.3 is 10.6 Å². The first-order valence-electron chi connectivity index (χ1n) is 7.49. The first-order valence-corrected chi connectivity index (χ1v) is 7.49. The van der Waals surface area contributed by atoms with Crippen molar-refractivity contribution in [3.05, 3.63) is 17.7 Å². The van der Waals surface area contributed by atoms with Crippen LogP contribution in [0.1, 0.15) is 63.9 Å². The number of rotatable bonds is 7. The summed E-state index contributed by atoms with van der Waals surface area (Å²) >= 11 is 0. The molecule has 0 bridgehead atoms. The molecule has 0 aliphatic heterocycles. The highest BCUT2D eigenvalue weighted by atomic mass is 15.2. The van der Waals surface area contributed by atoms with Crippen molar-refractivity contribution in [2.24, 2.45) is 5.73 Å². The Morgan fingerprint density at radius 1 is 1.42 bits per heavy atom. The van der Waals surface area contributed by atoms with Gasteiger partial charge in [0.1, 0.15) is 5.82 Å². The minimum atomic E-state index is 0.351. The van der Waals surface area contributed by atoms with E-state index in [0.29, 0.717) is 18.5 Å². The number of hydrogen-bond donors (Lipinski definition) is 1. The zero-order valence-electron chi connectivity index (χ0n) is 12.4. The van der Waals surface area contributed by atoms with Crippen molar-refractivity contribution < 1.29 is 0 Å². The second-order valence-electron chi connectivity index (χ2n) is 5.70. The first kappa shape index (κ1) is 14.3. The highest BCUT2D eigenvalue weighted by Crippen LogP contribution is 2.33. The zero-order valence-corrected chi connectivity index (χ0v) is 12.4. The summed E-state index contributed by atoms with van der Waals surface area (Å²) in [4.78, 5) is 11.6. The van der Waals surface area contributed by atoms with Gasteiger partial charge in [-0.05, 0) is 19.3 Å². The molecule has 2 rings (SSSR count). The van der Waals surface area contributed by atoms with Crippen LogP contribution in [0, 0.1) is 0 Å². The normalized spacial score (nSPS) is 15.0. The average molecular weight is 262 g/mol. The highest BCUT2D eigenvalue weighted by molar-refractivity contribution is 5.51. The fourth-order valence-electron chi connectivity index (χ4n) is 2.31. The van der Waals surface area contributed by atoms with E-state index in [1.807, 2.05) is 6.20 Å². The van der Waals surface area contributed by atoms with Crippen LogP contribution >= 0.6 is 0 Å². The molecule has 0 saturated heterocycles. The summed E-state index contributed by atoms with van der Waals surface area (Å²) < 4.78 is 0. The highest BCUT2D eigenvalue weighted by Gasteiger charge is 2.30. The molecule has 1 fully saturated rings. The Morgan fingerprint density at radius 2 is 2.16 bits per heavy atom. The van der Waals surface area contributed by atoms with Gasteiger partial charge in [0.15, 0.2) is 0 Å². The summed E-state index contributed by atoms with van der Waals surface area (Å²) in [5.41, 5.74) is 8.05. The smallest absolute Gasteiger partial charge is 0.131 e. The Labute approximate surface area is 116 Å². The maximum absolute atomic E-state index is 5.89. The first-order chi connectivity index (χ1) is 9.17. The monoisotopic (exact) mass is 262 g/mol. The van der Waals surface area contributed by atoms with E-state index >= 15 is 0 Å². The number of hydrogen-bond acceptors (Lipinski definition) is 4. The molecule has 1 aromatic rings. The third kappa shape index (κ3) is 3.44. The predicted octanol–water partition coefficient (Wildman–Crippen LogP) is 2.83. The summed E-state index contributed by atoms with van der Waals surface area (Å²) in [6, 6.07) is 0.686. The van der Waals surface area contributed by atoms with Crippen molar-refractivity contribution in [1.82, 2.24) is 9.97 Å². The number of aromatic nitrogens is 2. The average Bonchev–Trinajstić information content (AvgIpc) is 3.23. The molecule has 0 aromatic carbocycles. The zero-order chi connectivity index (χ0) is 13.8. The van der Waals surface area contributed by atoms with Crippen molar-refractivity contribution >= 4 is 5.69 Å². The third-order valence-corrected chi connectivity index (χ3v) is 3.62. The second-order valence-corrected chi connectivity index (χ2v) is 5.70. The lowest BCUT2D eigenvalue weighted by Crippen LogP contribution is -2.29. The van der Waals surface area contributed by atoms with Gasteiger partial charge >= 0.3 is 0 Å². The number of nitrogens with two attached hydrogens (primary N) is 1. The molecule has 1 aromatic heterocycles. The number of nitrogens with zero attached hydrogens (tertiary/aromatic N) is 3. The van der Waals surface area contributed by atoms with Gasteiger partial charge in [0.2, 0.25) is 0 Å². The van der Waals surface area contributed by atoms with Crippen LogP contribution in [0.4, 0.5) is 5.69 Å². The Bertz CT molecular complexity index is 413. The van der Waals surface area contributed by atoms with Crippen molar-refractivity contribution in [3.63, 3.8) is 0 Å². The molecule has 106 valence electrons. The van der Waals surface area contributed by atoms with Gasteiger partial charge in [0.05, 0.1) is 17.6 Å². The molecule has 19 heavy (non-hydrogen) atoms. The fourth-order valence-corrected chi connectivity index (χ4v) is 2.31. The summed E-state index contributed by atoms with van der Waals surface area (Å²) in [5, 5.41) is 0. The molecular weight excluding hydrogens is 236 g/mol. The van der Waals surface area contributed by atoms with E-state index in [-0.39, 0.29) is 0 Å². The maximum Gasteiger partial charge on any atom is 0.131 e. The minimum absolute atomic E-state index is 0.351. The van der Waals surface area contributed by atoms with Crippen LogP contribution in [-0.2, 0) is 6.54 Å². The molecule has 4 heteroatoms. The van der Waals surface area contributed by atoms with Crippen LogP contribution in [0.25, 0.3) is 0 Å². The van der Waals surface area contributed by atoms with Crippen molar-refractivity contribution in [2.75, 3.05) is 11.4 Å². The van der Waals surface area contributed by atoms with Crippen molar-refractivity contribution in [1.29, 1.82) is 0 Å². The Hall–Kier alpha value is -1.16. The lowest BCUT2D eigenvalue weighted by molar-refractivity contribution is 0.694. The molecule has 2 N–H and O–H groups in total. The van der Waals surface area contributed by atoms with E-state index in [1.54, 1.807) is 0 Å². The van der Waals surface area contributed by atoms with Gasteiger partial charge in [-0.3, -0.25) is 0 Å². The van der Waals surface area contributed by atoms with Gasteiger partial charge in [-0.25, -0.2) is 9.97 Å². The Balaban J connectivity index is 2.25. The molecule has 1 aliphatic rings. The van der Waals surface area contributed by atoms with Crippen LogP contribution in [0.3, 0.4) is 0 Å². The van der Waals surface area contributed by atoms with Crippen LogP contribution in [-0.4, -0.2) is 22.6 Å². The molecule has 0 amide bonds. The van der Waals surface area contributed by atoms with E-state index < -0.39 is 0 Å². The van der Waals surface area contributed by atoms with E-state index in [2.05, 4.69) is 35.6 Å². The Morgan fingerprint density at radius 3 is 2.68 bits per heavy atom. The van der Waals surface area contributed by atoms with E-state index in [9.17, 15) is 0 Å². The van der Waals surface area contributed by atoms with Crippen LogP contribution in [0.2, 0.25) is 0 Å². The second kappa shape index (κ2) is 6.33. The lowest BCUT2D eigenvalue weighted by atomic mass is 10.2. The number of unbranched alkanes of at least 4 members (excludes halogenated alkanes) is 1. The molecular formula is C15H26N4. The van der Waals surface area contributed by atoms with Crippen LogP contribution in [0.15, 0.2) is 6.20 Å². The fraction of sp³-hybridized carbons (Fsp3) is 0.733. The molecule has 1 aliphatic carbocycles. The Kier molecular flexibility index (Phi) is 4.75. The van der Waals surface area contributed by atoms with E-state index in [4.69, 9.17) is 5.73 Å². The third-order valence-electron chi connectivity index (χ3n) is 3.62.